The summed E-state index contributed by atoms with van der Waals surface area (Å²) in [6.45, 7) is 9.51. The molecule has 32 heavy (non-hydrogen) atoms. The number of amides is 1. The second-order valence-corrected chi connectivity index (χ2v) is 8.33. The summed E-state index contributed by atoms with van der Waals surface area (Å²) < 4.78 is 10.6. The Morgan fingerprint density at radius 3 is 2.69 bits per heavy atom. The van der Waals surface area contributed by atoms with Gasteiger partial charge in [-0.2, -0.15) is 4.98 Å². The van der Waals surface area contributed by atoms with Gasteiger partial charge in [-0.3, -0.25) is 9.80 Å². The predicted octanol–water partition coefficient (Wildman–Crippen LogP) is 2.42. The molecule has 3 atom stereocenters. The summed E-state index contributed by atoms with van der Waals surface area (Å²) in [6.07, 6.45) is 1.05. The number of nitrogens with zero attached hydrogens (tertiary/aromatic N) is 4. The Balaban J connectivity index is 1.41. The molecule has 2 aliphatic heterocycles. The van der Waals surface area contributed by atoms with Crippen LogP contribution in [0.4, 0.5) is 16.6 Å². The Kier molecular flexibility index (Phi) is 7.19. The minimum absolute atomic E-state index is 0.0118. The fourth-order valence-corrected chi connectivity index (χ4v) is 4.07. The number of hydrogen-bond donors (Lipinski definition) is 2. The van der Waals surface area contributed by atoms with Crippen LogP contribution in [0.15, 0.2) is 36.5 Å². The van der Waals surface area contributed by atoms with Gasteiger partial charge < -0.3 is 20.1 Å². The maximum Gasteiger partial charge on any atom is 0.416 e. The number of carbonyl (C=O) groups excluding carboxylic acids is 1. The van der Waals surface area contributed by atoms with Crippen molar-refractivity contribution >= 4 is 17.9 Å². The number of methoxy groups -OCH3 is 1. The van der Waals surface area contributed by atoms with Crippen molar-refractivity contribution in [3.63, 3.8) is 0 Å². The third-order valence-electron chi connectivity index (χ3n) is 6.15. The van der Waals surface area contributed by atoms with E-state index in [0.717, 1.165) is 38.3 Å². The van der Waals surface area contributed by atoms with Crippen LogP contribution >= 0.6 is 0 Å². The van der Waals surface area contributed by atoms with Crippen molar-refractivity contribution in [3.8, 4) is 0 Å². The summed E-state index contributed by atoms with van der Waals surface area (Å²) in [6, 6.07) is 10.2. The van der Waals surface area contributed by atoms with Crippen LogP contribution in [0, 0.1) is 0 Å². The number of benzene rings is 1. The van der Waals surface area contributed by atoms with E-state index in [0.29, 0.717) is 11.8 Å². The molecule has 1 amide bonds. The zero-order chi connectivity index (χ0) is 22.5. The Hall–Kier alpha value is -2.75. The monoisotopic (exact) mass is 440 g/mol. The molecule has 9 nitrogen and oxygen atoms in total. The molecule has 1 aromatic heterocycles. The van der Waals surface area contributed by atoms with Crippen molar-refractivity contribution in [2.75, 3.05) is 50.1 Å². The number of anilines is 2. The zero-order valence-electron chi connectivity index (χ0n) is 19.0. The van der Waals surface area contributed by atoms with Gasteiger partial charge >= 0.3 is 6.09 Å². The van der Waals surface area contributed by atoms with Crippen molar-refractivity contribution in [1.82, 2.24) is 20.2 Å². The second kappa shape index (κ2) is 10.2. The van der Waals surface area contributed by atoms with Crippen molar-refractivity contribution in [3.05, 3.63) is 47.7 Å². The van der Waals surface area contributed by atoms with E-state index in [1.165, 1.54) is 10.5 Å². The van der Waals surface area contributed by atoms with Crippen molar-refractivity contribution in [2.45, 2.75) is 38.6 Å². The molecule has 4 rings (SSSR count). The van der Waals surface area contributed by atoms with E-state index in [2.05, 4.69) is 56.7 Å². The molecule has 9 heteroatoms. The quantitative estimate of drug-likeness (QED) is 0.647. The predicted molar refractivity (Wildman–Crippen MR) is 123 cm³/mol. The zero-order valence-corrected chi connectivity index (χ0v) is 19.0. The van der Waals surface area contributed by atoms with E-state index in [4.69, 9.17) is 9.47 Å². The number of rotatable bonds is 8. The summed E-state index contributed by atoms with van der Waals surface area (Å²) in [5.41, 5.74) is 2.46. The van der Waals surface area contributed by atoms with Crippen LogP contribution in [0.2, 0.25) is 0 Å². The first kappa shape index (κ1) is 22.4. The number of cyclic esters (lactones) is 1. The number of piperazine rings is 1. The van der Waals surface area contributed by atoms with Gasteiger partial charge in [0.1, 0.15) is 18.5 Å². The van der Waals surface area contributed by atoms with E-state index in [1.807, 2.05) is 6.92 Å². The van der Waals surface area contributed by atoms with Crippen LogP contribution in [0.3, 0.4) is 0 Å². The Morgan fingerprint density at radius 1 is 1.22 bits per heavy atom. The van der Waals surface area contributed by atoms with Crippen LogP contribution in [0.1, 0.15) is 31.0 Å². The van der Waals surface area contributed by atoms with Gasteiger partial charge in [0.05, 0.1) is 12.1 Å². The van der Waals surface area contributed by atoms with Gasteiger partial charge in [0.2, 0.25) is 5.95 Å². The molecule has 0 spiro atoms. The first-order valence-electron chi connectivity index (χ1n) is 11.2. The Labute approximate surface area is 189 Å². The average Bonchev–Trinajstić information content (AvgIpc) is 3.21. The Morgan fingerprint density at radius 2 is 1.97 bits per heavy atom. The molecule has 2 aromatic rings. The van der Waals surface area contributed by atoms with Gasteiger partial charge in [0.25, 0.3) is 0 Å². The third-order valence-corrected chi connectivity index (χ3v) is 6.15. The molecule has 0 bridgehead atoms. The molecule has 1 unspecified atom stereocenters. The lowest BCUT2D eigenvalue weighted by Crippen LogP contribution is -2.42. The maximum absolute atomic E-state index is 12.3. The minimum Gasteiger partial charge on any atom is -0.447 e. The SMILES string of the molecule is CO[C@@H](C)C1COC(=O)N1c1ccnc(N[C@@H](C)c2ccc(CN3CCNCC3)cc2)n1. The lowest BCUT2D eigenvalue weighted by atomic mass is 10.1. The van der Waals surface area contributed by atoms with E-state index in [9.17, 15) is 4.79 Å². The second-order valence-electron chi connectivity index (χ2n) is 8.33. The molecule has 2 saturated heterocycles. The highest BCUT2D eigenvalue weighted by Crippen LogP contribution is 2.25. The highest BCUT2D eigenvalue weighted by molar-refractivity contribution is 5.89. The molecule has 0 saturated carbocycles. The van der Waals surface area contributed by atoms with Gasteiger partial charge in [-0.25, -0.2) is 9.78 Å². The van der Waals surface area contributed by atoms with Gasteiger partial charge in [-0.15, -0.1) is 0 Å². The fourth-order valence-electron chi connectivity index (χ4n) is 4.07. The van der Waals surface area contributed by atoms with Gasteiger partial charge in [0, 0.05) is 46.0 Å². The smallest absolute Gasteiger partial charge is 0.416 e. The van der Waals surface area contributed by atoms with Crippen LogP contribution in [-0.4, -0.2) is 73.0 Å². The summed E-state index contributed by atoms with van der Waals surface area (Å²) in [5, 5.41) is 6.73. The molecule has 2 fully saturated rings. The Bertz CT molecular complexity index is 903. The van der Waals surface area contributed by atoms with Crippen molar-refractivity contribution in [1.29, 1.82) is 0 Å². The van der Waals surface area contributed by atoms with Crippen molar-refractivity contribution in [2.24, 2.45) is 0 Å². The van der Waals surface area contributed by atoms with E-state index >= 15 is 0 Å². The maximum atomic E-state index is 12.3. The highest BCUT2D eigenvalue weighted by atomic mass is 16.6. The first-order valence-corrected chi connectivity index (χ1v) is 11.2. The summed E-state index contributed by atoms with van der Waals surface area (Å²) >= 11 is 0. The van der Waals surface area contributed by atoms with Crippen LogP contribution in [0.5, 0.6) is 0 Å². The molecule has 1 aromatic carbocycles. The van der Waals surface area contributed by atoms with Gasteiger partial charge in [-0.1, -0.05) is 24.3 Å². The number of ether oxygens (including phenoxy) is 2. The topological polar surface area (TPSA) is 91.9 Å². The number of aromatic nitrogens is 2. The lowest BCUT2D eigenvalue weighted by Gasteiger charge is -2.27. The average molecular weight is 441 g/mol. The van der Waals surface area contributed by atoms with E-state index < -0.39 is 6.09 Å². The normalized spacial score (nSPS) is 21.3. The highest BCUT2D eigenvalue weighted by Gasteiger charge is 2.39. The number of hydrogen-bond acceptors (Lipinski definition) is 8. The van der Waals surface area contributed by atoms with Crippen LogP contribution in [-0.2, 0) is 16.0 Å². The molecule has 3 heterocycles. The molecule has 0 radical (unpaired) electrons. The molecular weight excluding hydrogens is 408 g/mol. The molecular formula is C23H32N6O3. The number of carbonyl (C=O) groups is 1. The minimum atomic E-state index is -0.420. The standard InChI is InChI=1S/C23H32N6O3/c1-16(19-6-4-18(5-7-19)14-28-12-10-24-11-13-28)26-22-25-9-8-21(27-22)29-20(17(2)31-3)15-32-23(29)30/h4-9,16-17,20,24H,10-15H2,1-3H3,(H,25,26,27)/t16-,17-,20?/m0/s1. The summed E-state index contributed by atoms with van der Waals surface area (Å²) in [7, 11) is 1.62. The van der Waals surface area contributed by atoms with Gasteiger partial charge in [-0.05, 0) is 31.0 Å². The molecule has 0 aliphatic carbocycles. The largest absolute Gasteiger partial charge is 0.447 e. The molecule has 2 N–H and O–H groups in total. The molecule has 2 aliphatic rings. The van der Waals surface area contributed by atoms with Crippen LogP contribution in [0.25, 0.3) is 0 Å². The summed E-state index contributed by atoms with van der Waals surface area (Å²) in [5.74, 6) is 0.959. The van der Waals surface area contributed by atoms with Crippen molar-refractivity contribution < 1.29 is 14.3 Å². The first-order chi connectivity index (χ1) is 15.5. The van der Waals surface area contributed by atoms with Crippen LogP contribution < -0.4 is 15.5 Å². The summed E-state index contributed by atoms with van der Waals surface area (Å²) in [4.78, 5) is 25.2. The van der Waals surface area contributed by atoms with E-state index in [1.54, 1.807) is 19.4 Å². The molecule has 172 valence electrons. The van der Waals surface area contributed by atoms with Gasteiger partial charge in [0.15, 0.2) is 0 Å². The third kappa shape index (κ3) is 5.17. The lowest BCUT2D eigenvalue weighted by molar-refractivity contribution is 0.0881. The number of nitrogens with one attached hydrogen (secondary N) is 2. The van der Waals surface area contributed by atoms with E-state index in [-0.39, 0.29) is 24.8 Å². The fraction of sp³-hybridized carbons (Fsp3) is 0.522.